The molecule has 0 saturated heterocycles. The van der Waals surface area contributed by atoms with Gasteiger partial charge in [-0.2, -0.15) is 5.26 Å². The molecule has 0 spiro atoms. The van der Waals surface area contributed by atoms with Crippen molar-refractivity contribution in [3.05, 3.63) is 0 Å². The number of nitrogens with zero attached hydrogens (tertiary/aromatic N) is 2. The van der Waals surface area contributed by atoms with Gasteiger partial charge in [0.05, 0.1) is 6.07 Å². The van der Waals surface area contributed by atoms with Gasteiger partial charge in [0, 0.05) is 0 Å². The third kappa shape index (κ3) is 6.81. The van der Waals surface area contributed by atoms with E-state index in [1.807, 2.05) is 6.92 Å². The van der Waals surface area contributed by atoms with Gasteiger partial charge in [0.1, 0.15) is 5.54 Å². The first kappa shape index (κ1) is 15.4. The Hall–Kier alpha value is -0.590. The summed E-state index contributed by atoms with van der Waals surface area (Å²) in [6.45, 7) is 9.46. The number of rotatable bonds is 9. The molecule has 1 N–H and O–H groups in total. The van der Waals surface area contributed by atoms with Gasteiger partial charge in [-0.1, -0.05) is 13.8 Å². The van der Waals surface area contributed by atoms with Crippen LogP contribution in [0.3, 0.4) is 0 Å². The molecule has 1 atom stereocenters. The molecule has 0 saturated carbocycles. The van der Waals surface area contributed by atoms with Gasteiger partial charge in [0.25, 0.3) is 0 Å². The predicted molar refractivity (Wildman–Crippen MR) is 69.3 cm³/mol. The zero-order valence-corrected chi connectivity index (χ0v) is 11.3. The van der Waals surface area contributed by atoms with Crippen LogP contribution in [-0.2, 0) is 0 Å². The van der Waals surface area contributed by atoms with Crippen molar-refractivity contribution in [3.8, 4) is 6.07 Å². The Morgan fingerprint density at radius 3 is 2.50 bits per heavy atom. The van der Waals surface area contributed by atoms with Crippen molar-refractivity contribution in [2.24, 2.45) is 0 Å². The fraction of sp³-hybridized carbons (Fsp3) is 0.923. The van der Waals surface area contributed by atoms with E-state index in [4.69, 9.17) is 5.26 Å². The molecule has 3 nitrogen and oxygen atoms in total. The van der Waals surface area contributed by atoms with Crippen LogP contribution in [0, 0.1) is 11.3 Å². The normalized spacial score (nSPS) is 14.8. The first-order valence-electron chi connectivity index (χ1n) is 6.42. The highest BCUT2D eigenvalue weighted by Gasteiger charge is 2.21. The molecular weight excluding hydrogens is 198 g/mol. The Kier molecular flexibility index (Phi) is 8.23. The maximum absolute atomic E-state index is 9.14. The molecule has 0 rings (SSSR count). The van der Waals surface area contributed by atoms with Crippen molar-refractivity contribution >= 4 is 0 Å². The highest BCUT2D eigenvalue weighted by molar-refractivity contribution is 5.03. The Morgan fingerprint density at radius 2 is 2.00 bits per heavy atom. The van der Waals surface area contributed by atoms with Gasteiger partial charge in [-0.05, 0) is 59.3 Å². The Labute approximate surface area is 101 Å². The fourth-order valence-corrected chi connectivity index (χ4v) is 1.60. The Balaban J connectivity index is 3.74. The van der Waals surface area contributed by atoms with Crippen molar-refractivity contribution in [2.75, 3.05) is 26.7 Å². The van der Waals surface area contributed by atoms with Crippen LogP contribution in [0.15, 0.2) is 0 Å². The van der Waals surface area contributed by atoms with Crippen LogP contribution in [0.2, 0.25) is 0 Å². The van der Waals surface area contributed by atoms with Crippen LogP contribution in [0.4, 0.5) is 0 Å². The molecule has 1 unspecified atom stereocenters. The lowest BCUT2D eigenvalue weighted by molar-refractivity contribution is 0.327. The lowest BCUT2D eigenvalue weighted by Crippen LogP contribution is -2.41. The molecule has 0 heterocycles. The summed E-state index contributed by atoms with van der Waals surface area (Å²) in [5, 5.41) is 12.5. The molecule has 0 bridgehead atoms. The molecule has 0 aromatic carbocycles. The standard InChI is InChI=1S/C13H27N3/c1-5-10-15-13(3,12-14)9-7-8-11-16(4)6-2/h15H,5-11H2,1-4H3. The van der Waals surface area contributed by atoms with Gasteiger partial charge in [-0.15, -0.1) is 0 Å². The first-order chi connectivity index (χ1) is 7.58. The Bertz CT molecular complexity index is 210. The average molecular weight is 225 g/mol. The molecule has 3 heteroatoms. The number of hydrogen-bond acceptors (Lipinski definition) is 3. The van der Waals surface area contributed by atoms with Crippen LogP contribution >= 0.6 is 0 Å². The summed E-state index contributed by atoms with van der Waals surface area (Å²) >= 11 is 0. The van der Waals surface area contributed by atoms with E-state index >= 15 is 0 Å². The topological polar surface area (TPSA) is 39.1 Å². The Morgan fingerprint density at radius 1 is 1.31 bits per heavy atom. The van der Waals surface area contributed by atoms with E-state index in [1.165, 1.54) is 6.42 Å². The van der Waals surface area contributed by atoms with Gasteiger partial charge >= 0.3 is 0 Å². The molecule has 0 aliphatic heterocycles. The lowest BCUT2D eigenvalue weighted by Gasteiger charge is -2.23. The first-order valence-corrected chi connectivity index (χ1v) is 6.42. The highest BCUT2D eigenvalue weighted by Crippen LogP contribution is 2.13. The van der Waals surface area contributed by atoms with E-state index in [1.54, 1.807) is 0 Å². The second-order valence-corrected chi connectivity index (χ2v) is 4.72. The zero-order valence-electron chi connectivity index (χ0n) is 11.3. The summed E-state index contributed by atoms with van der Waals surface area (Å²) in [5.74, 6) is 0. The summed E-state index contributed by atoms with van der Waals surface area (Å²) in [4.78, 5) is 2.31. The van der Waals surface area contributed by atoms with Crippen molar-refractivity contribution in [2.45, 2.75) is 52.0 Å². The second kappa shape index (κ2) is 8.55. The summed E-state index contributed by atoms with van der Waals surface area (Å²) < 4.78 is 0. The van der Waals surface area contributed by atoms with Gasteiger partial charge in [0.15, 0.2) is 0 Å². The molecule has 16 heavy (non-hydrogen) atoms. The van der Waals surface area contributed by atoms with Crippen LogP contribution in [0.1, 0.15) is 46.5 Å². The SMILES string of the molecule is CCCNC(C)(C#N)CCCCN(C)CC. The van der Waals surface area contributed by atoms with Crippen LogP contribution < -0.4 is 5.32 Å². The summed E-state index contributed by atoms with van der Waals surface area (Å²) in [7, 11) is 2.14. The van der Waals surface area contributed by atoms with Crippen LogP contribution in [0.5, 0.6) is 0 Å². The fourth-order valence-electron chi connectivity index (χ4n) is 1.60. The maximum atomic E-state index is 9.14. The number of unbranched alkanes of at least 4 members (excludes halogenated alkanes) is 1. The van der Waals surface area contributed by atoms with E-state index < -0.39 is 0 Å². The van der Waals surface area contributed by atoms with Gasteiger partial charge < -0.3 is 4.90 Å². The second-order valence-electron chi connectivity index (χ2n) is 4.72. The van der Waals surface area contributed by atoms with E-state index in [9.17, 15) is 0 Å². The van der Waals surface area contributed by atoms with Crippen LogP contribution in [0.25, 0.3) is 0 Å². The van der Waals surface area contributed by atoms with Gasteiger partial charge in [-0.25, -0.2) is 0 Å². The van der Waals surface area contributed by atoms with Crippen molar-refractivity contribution in [1.82, 2.24) is 10.2 Å². The summed E-state index contributed by atoms with van der Waals surface area (Å²) in [6.07, 6.45) is 4.32. The third-order valence-corrected chi connectivity index (χ3v) is 3.02. The minimum Gasteiger partial charge on any atom is -0.307 e. The average Bonchev–Trinajstić information content (AvgIpc) is 2.31. The van der Waals surface area contributed by atoms with Crippen LogP contribution in [-0.4, -0.2) is 37.1 Å². The van der Waals surface area contributed by atoms with E-state index in [-0.39, 0.29) is 5.54 Å². The maximum Gasteiger partial charge on any atom is 0.103 e. The van der Waals surface area contributed by atoms with Crippen molar-refractivity contribution in [3.63, 3.8) is 0 Å². The molecule has 0 aromatic heterocycles. The largest absolute Gasteiger partial charge is 0.307 e. The van der Waals surface area contributed by atoms with E-state index in [2.05, 4.69) is 37.2 Å². The third-order valence-electron chi connectivity index (χ3n) is 3.02. The monoisotopic (exact) mass is 225 g/mol. The molecule has 0 aliphatic carbocycles. The summed E-state index contributed by atoms with van der Waals surface area (Å²) in [6, 6.07) is 2.39. The summed E-state index contributed by atoms with van der Waals surface area (Å²) in [5.41, 5.74) is -0.333. The molecule has 0 aliphatic rings. The van der Waals surface area contributed by atoms with Gasteiger partial charge in [-0.3, -0.25) is 5.32 Å². The van der Waals surface area contributed by atoms with E-state index in [0.29, 0.717) is 0 Å². The minimum absolute atomic E-state index is 0.333. The highest BCUT2D eigenvalue weighted by atomic mass is 15.1. The molecule has 0 fully saturated rings. The lowest BCUT2D eigenvalue weighted by atomic mass is 9.96. The molecule has 94 valence electrons. The zero-order chi connectivity index (χ0) is 12.4. The van der Waals surface area contributed by atoms with Crippen molar-refractivity contribution < 1.29 is 0 Å². The van der Waals surface area contributed by atoms with E-state index in [0.717, 1.165) is 38.9 Å². The quantitative estimate of drug-likeness (QED) is 0.612. The number of nitriles is 1. The molecule has 0 amide bonds. The molecule has 0 radical (unpaired) electrons. The van der Waals surface area contributed by atoms with Gasteiger partial charge in [0.2, 0.25) is 0 Å². The predicted octanol–water partition coefficient (Wildman–Crippen LogP) is 2.39. The number of hydrogen-bond donors (Lipinski definition) is 1. The molecule has 0 aromatic rings. The molecular formula is C13H27N3. The minimum atomic E-state index is -0.333. The number of nitrogens with one attached hydrogen (secondary N) is 1. The smallest absolute Gasteiger partial charge is 0.103 e. The van der Waals surface area contributed by atoms with Crippen molar-refractivity contribution in [1.29, 1.82) is 5.26 Å².